The number of hydrogen-bond donors (Lipinski definition) is 3. The van der Waals surface area contributed by atoms with E-state index in [0.29, 0.717) is 0 Å². The molecule has 21 heavy (non-hydrogen) atoms. The monoisotopic (exact) mass is 300 g/mol. The maximum absolute atomic E-state index is 13.6. The van der Waals surface area contributed by atoms with Crippen LogP contribution in [0.4, 0.5) is 19.3 Å². The highest BCUT2D eigenvalue weighted by Crippen LogP contribution is 2.21. The molecule has 0 aliphatic carbocycles. The molecule has 0 aromatic heterocycles. The molecule has 0 atom stereocenters. The van der Waals surface area contributed by atoms with Crippen molar-refractivity contribution in [2.75, 3.05) is 5.32 Å². The number of urea groups is 1. The molecule has 0 saturated heterocycles. The number of rotatable bonds is 5. The summed E-state index contributed by atoms with van der Waals surface area (Å²) in [5.41, 5.74) is -0.509. The molecule has 1 aromatic carbocycles. The van der Waals surface area contributed by atoms with Gasteiger partial charge in [0.15, 0.2) is 5.82 Å². The summed E-state index contributed by atoms with van der Waals surface area (Å²) in [7, 11) is 0. The fourth-order valence-electron chi connectivity index (χ4n) is 1.51. The van der Waals surface area contributed by atoms with E-state index in [0.717, 1.165) is 6.07 Å². The summed E-state index contributed by atoms with van der Waals surface area (Å²) in [5, 5.41) is 12.2. The maximum atomic E-state index is 13.6. The molecular formula is C13H14F2N2O4. The third-order valence-electron chi connectivity index (χ3n) is 2.57. The first-order chi connectivity index (χ1) is 9.81. The number of carboxylic acid groups (broad SMARTS) is 1. The van der Waals surface area contributed by atoms with E-state index in [4.69, 9.17) is 5.11 Å². The molecule has 0 unspecified atom stereocenters. The Hall–Kier alpha value is -2.51. The zero-order valence-electron chi connectivity index (χ0n) is 11.2. The van der Waals surface area contributed by atoms with Gasteiger partial charge in [-0.1, -0.05) is 6.07 Å². The number of aryl methyl sites for hydroxylation is 1. The minimum atomic E-state index is -1.08. The second-order valence-electron chi connectivity index (χ2n) is 4.30. The SMILES string of the molecule is Cc1ccc(F)c(NC(=O)NC(=O)CCCC(=O)O)c1F. The molecule has 3 amide bonds. The van der Waals surface area contributed by atoms with Gasteiger partial charge >= 0.3 is 12.0 Å². The van der Waals surface area contributed by atoms with Gasteiger partial charge in [-0.2, -0.15) is 0 Å². The van der Waals surface area contributed by atoms with Crippen LogP contribution in [0.5, 0.6) is 0 Å². The lowest BCUT2D eigenvalue weighted by atomic mass is 10.2. The van der Waals surface area contributed by atoms with E-state index in [2.05, 4.69) is 0 Å². The Labute approximate surface area is 119 Å². The summed E-state index contributed by atoms with van der Waals surface area (Å²) in [4.78, 5) is 33.0. The molecule has 6 nitrogen and oxygen atoms in total. The molecule has 0 saturated carbocycles. The van der Waals surface area contributed by atoms with E-state index >= 15 is 0 Å². The van der Waals surface area contributed by atoms with Gasteiger partial charge in [0, 0.05) is 12.8 Å². The largest absolute Gasteiger partial charge is 0.481 e. The summed E-state index contributed by atoms with van der Waals surface area (Å²) in [6, 6.07) is 1.12. The lowest BCUT2D eigenvalue weighted by molar-refractivity contribution is -0.137. The number of anilines is 1. The summed E-state index contributed by atoms with van der Waals surface area (Å²) >= 11 is 0. The Morgan fingerprint density at radius 1 is 1.19 bits per heavy atom. The molecule has 1 aromatic rings. The van der Waals surface area contributed by atoms with Crippen molar-refractivity contribution in [3.63, 3.8) is 0 Å². The molecular weight excluding hydrogens is 286 g/mol. The van der Waals surface area contributed by atoms with Crippen LogP contribution in [0.2, 0.25) is 0 Å². The lowest BCUT2D eigenvalue weighted by Gasteiger charge is -2.09. The van der Waals surface area contributed by atoms with Gasteiger partial charge in [-0.25, -0.2) is 13.6 Å². The molecule has 0 spiro atoms. The quantitative estimate of drug-likeness (QED) is 0.776. The number of amides is 3. The predicted octanol–water partition coefficient (Wildman–Crippen LogP) is 2.18. The third kappa shape index (κ3) is 5.17. The smallest absolute Gasteiger partial charge is 0.326 e. The highest BCUT2D eigenvalue weighted by atomic mass is 19.1. The van der Waals surface area contributed by atoms with Crippen LogP contribution in [0, 0.1) is 18.6 Å². The minimum Gasteiger partial charge on any atom is -0.481 e. The van der Waals surface area contributed by atoms with Crippen molar-refractivity contribution in [3.05, 3.63) is 29.3 Å². The minimum absolute atomic E-state index is 0.0572. The molecule has 0 fully saturated rings. The Morgan fingerprint density at radius 2 is 1.86 bits per heavy atom. The fraction of sp³-hybridized carbons (Fsp3) is 0.308. The molecule has 1 rings (SSSR count). The topological polar surface area (TPSA) is 95.5 Å². The standard InChI is InChI=1S/C13H14F2N2O4/c1-7-5-6-8(14)12(11(7)15)17-13(21)16-9(18)3-2-4-10(19)20/h5-6H,2-4H2,1H3,(H,19,20)(H2,16,17,18,21). The number of halogens is 2. The Morgan fingerprint density at radius 3 is 2.48 bits per heavy atom. The second-order valence-corrected chi connectivity index (χ2v) is 4.30. The first-order valence-corrected chi connectivity index (χ1v) is 6.08. The normalized spacial score (nSPS) is 10.0. The van der Waals surface area contributed by atoms with Crippen molar-refractivity contribution < 1.29 is 28.3 Å². The first-order valence-electron chi connectivity index (χ1n) is 6.08. The van der Waals surface area contributed by atoms with E-state index < -0.39 is 35.2 Å². The molecule has 0 aliphatic heterocycles. The summed E-state index contributed by atoms with van der Waals surface area (Å²) in [5.74, 6) is -3.69. The van der Waals surface area contributed by atoms with Crippen LogP contribution in [0.3, 0.4) is 0 Å². The molecule has 0 radical (unpaired) electrons. The zero-order valence-corrected chi connectivity index (χ0v) is 11.2. The van der Waals surface area contributed by atoms with Crippen molar-refractivity contribution >= 4 is 23.6 Å². The number of hydrogen-bond acceptors (Lipinski definition) is 3. The van der Waals surface area contributed by atoms with Crippen molar-refractivity contribution in [2.45, 2.75) is 26.2 Å². The van der Waals surface area contributed by atoms with Crippen LogP contribution in [0.25, 0.3) is 0 Å². The van der Waals surface area contributed by atoms with Crippen LogP contribution in [-0.2, 0) is 9.59 Å². The highest BCUT2D eigenvalue weighted by Gasteiger charge is 2.15. The van der Waals surface area contributed by atoms with E-state index in [1.165, 1.54) is 13.0 Å². The third-order valence-corrected chi connectivity index (χ3v) is 2.57. The highest BCUT2D eigenvalue weighted by molar-refractivity contribution is 6.01. The molecule has 8 heteroatoms. The van der Waals surface area contributed by atoms with Crippen molar-refractivity contribution in [1.29, 1.82) is 0 Å². The Bertz CT molecular complexity index is 576. The number of benzene rings is 1. The number of imide groups is 1. The molecule has 0 heterocycles. The van der Waals surface area contributed by atoms with Crippen LogP contribution in [0.15, 0.2) is 12.1 Å². The molecule has 0 aliphatic rings. The Balaban J connectivity index is 2.56. The average Bonchev–Trinajstić information content (AvgIpc) is 2.38. The summed E-state index contributed by atoms with van der Waals surface area (Å²) in [6.07, 6.45) is -0.337. The van der Waals surface area contributed by atoms with Gasteiger partial charge in [-0.3, -0.25) is 14.9 Å². The second kappa shape index (κ2) is 7.32. The lowest BCUT2D eigenvalue weighted by Crippen LogP contribution is -2.34. The van der Waals surface area contributed by atoms with Crippen molar-refractivity contribution in [1.82, 2.24) is 5.32 Å². The van der Waals surface area contributed by atoms with Crippen molar-refractivity contribution in [3.8, 4) is 0 Å². The average molecular weight is 300 g/mol. The summed E-state index contributed by atoms with van der Waals surface area (Å²) in [6.45, 7) is 1.40. The number of aliphatic carboxylic acids is 1. The predicted molar refractivity (Wildman–Crippen MR) is 69.7 cm³/mol. The zero-order chi connectivity index (χ0) is 16.0. The fourth-order valence-corrected chi connectivity index (χ4v) is 1.51. The number of carboxylic acids is 1. The number of carbonyl (C=O) groups is 3. The van der Waals surface area contributed by atoms with Crippen LogP contribution in [0.1, 0.15) is 24.8 Å². The van der Waals surface area contributed by atoms with E-state index in [-0.39, 0.29) is 24.8 Å². The van der Waals surface area contributed by atoms with Gasteiger partial charge in [0.2, 0.25) is 5.91 Å². The van der Waals surface area contributed by atoms with Crippen LogP contribution >= 0.6 is 0 Å². The summed E-state index contributed by atoms with van der Waals surface area (Å²) < 4.78 is 27.0. The van der Waals surface area contributed by atoms with Gasteiger partial charge in [0.25, 0.3) is 0 Å². The molecule has 3 N–H and O–H groups in total. The maximum Gasteiger partial charge on any atom is 0.326 e. The van der Waals surface area contributed by atoms with E-state index in [1.807, 2.05) is 10.6 Å². The van der Waals surface area contributed by atoms with Gasteiger partial charge < -0.3 is 10.4 Å². The van der Waals surface area contributed by atoms with E-state index in [9.17, 15) is 23.2 Å². The van der Waals surface area contributed by atoms with Crippen LogP contribution in [-0.4, -0.2) is 23.0 Å². The van der Waals surface area contributed by atoms with Gasteiger partial charge in [0.1, 0.15) is 11.5 Å². The van der Waals surface area contributed by atoms with Crippen LogP contribution < -0.4 is 10.6 Å². The van der Waals surface area contributed by atoms with Gasteiger partial charge in [0.05, 0.1) is 0 Å². The number of carbonyl (C=O) groups excluding carboxylic acids is 2. The van der Waals surface area contributed by atoms with E-state index in [1.54, 1.807) is 0 Å². The van der Waals surface area contributed by atoms with Gasteiger partial charge in [-0.05, 0) is 25.0 Å². The number of nitrogens with one attached hydrogen (secondary N) is 2. The first kappa shape index (κ1) is 16.5. The molecule has 114 valence electrons. The van der Waals surface area contributed by atoms with Gasteiger partial charge in [-0.15, -0.1) is 0 Å². The Kier molecular flexibility index (Phi) is 5.77. The van der Waals surface area contributed by atoms with Crippen molar-refractivity contribution in [2.24, 2.45) is 0 Å². The molecule has 0 bridgehead atoms.